The first kappa shape index (κ1) is 10.7. The highest BCUT2D eigenvalue weighted by Crippen LogP contribution is 2.29. The van der Waals surface area contributed by atoms with E-state index in [1.165, 1.54) is 22.6 Å². The zero-order chi connectivity index (χ0) is 10.8. The molecule has 0 radical (unpaired) electrons. The Labute approximate surface area is 95.2 Å². The van der Waals surface area contributed by atoms with Crippen LogP contribution in [0.3, 0.4) is 0 Å². The maximum atomic E-state index is 5.89. The highest BCUT2D eigenvalue weighted by Gasteiger charge is 2.25. The van der Waals surface area contributed by atoms with E-state index in [0.29, 0.717) is 12.0 Å². The molecule has 0 aromatic carbocycles. The maximum absolute atomic E-state index is 5.89. The number of nitrogens with zero attached hydrogens (tertiary/aromatic N) is 1. The quantitative estimate of drug-likeness (QED) is 0.617. The van der Waals surface area contributed by atoms with Crippen molar-refractivity contribution in [1.29, 1.82) is 0 Å². The third-order valence-electron chi connectivity index (χ3n) is 2.66. The Morgan fingerprint density at radius 2 is 2.33 bits per heavy atom. The van der Waals surface area contributed by atoms with Crippen LogP contribution in [0.1, 0.15) is 29.5 Å². The summed E-state index contributed by atoms with van der Waals surface area (Å²) in [6.07, 6.45) is 3.49. The van der Waals surface area contributed by atoms with E-state index in [1.54, 1.807) is 0 Å². The lowest BCUT2D eigenvalue weighted by molar-refractivity contribution is 0.741. The largest absolute Gasteiger partial charge is 0.387 e. The monoisotopic (exact) mass is 222 g/mol. The molecule has 0 aliphatic heterocycles. The number of rotatable bonds is 4. The van der Waals surface area contributed by atoms with E-state index in [2.05, 4.69) is 31.0 Å². The van der Waals surface area contributed by atoms with Gasteiger partial charge in [0.25, 0.3) is 0 Å². The molecule has 15 heavy (non-hydrogen) atoms. The lowest BCUT2D eigenvalue weighted by Crippen LogP contribution is -2.18. The fourth-order valence-electron chi connectivity index (χ4n) is 1.67. The SMILES string of the molecule is Cc1ccc(CC(C)N=C(N)C2CC2)s1. The Morgan fingerprint density at radius 1 is 1.60 bits per heavy atom. The van der Waals surface area contributed by atoms with E-state index in [1.807, 2.05) is 11.3 Å². The number of aryl methyl sites for hydroxylation is 1. The van der Waals surface area contributed by atoms with Crippen molar-refractivity contribution >= 4 is 17.2 Å². The second kappa shape index (κ2) is 4.35. The molecule has 1 aliphatic rings. The summed E-state index contributed by atoms with van der Waals surface area (Å²) in [5.74, 6) is 1.47. The first-order valence-corrected chi connectivity index (χ1v) is 6.35. The van der Waals surface area contributed by atoms with Gasteiger partial charge in [0.2, 0.25) is 0 Å². The molecular formula is C12H18N2S. The number of hydrogen-bond donors (Lipinski definition) is 1. The number of aliphatic imine (C=N–C) groups is 1. The van der Waals surface area contributed by atoms with Crippen LogP contribution in [0.15, 0.2) is 17.1 Å². The van der Waals surface area contributed by atoms with Crippen molar-refractivity contribution in [2.24, 2.45) is 16.6 Å². The minimum atomic E-state index is 0.323. The summed E-state index contributed by atoms with van der Waals surface area (Å²) in [5.41, 5.74) is 5.89. The predicted molar refractivity (Wildman–Crippen MR) is 66.6 cm³/mol. The Bertz CT molecular complexity index is 363. The Kier molecular flexibility index (Phi) is 3.10. The molecule has 1 fully saturated rings. The smallest absolute Gasteiger partial charge is 0.0971 e. The summed E-state index contributed by atoms with van der Waals surface area (Å²) in [6, 6.07) is 4.68. The number of thiophene rings is 1. The van der Waals surface area contributed by atoms with Crippen LogP contribution in [0.2, 0.25) is 0 Å². The van der Waals surface area contributed by atoms with Crippen LogP contribution in [0.5, 0.6) is 0 Å². The van der Waals surface area contributed by atoms with Gasteiger partial charge in [0.15, 0.2) is 0 Å². The lowest BCUT2D eigenvalue weighted by Gasteiger charge is -2.06. The van der Waals surface area contributed by atoms with E-state index in [4.69, 9.17) is 5.73 Å². The van der Waals surface area contributed by atoms with Crippen molar-refractivity contribution in [3.8, 4) is 0 Å². The highest BCUT2D eigenvalue weighted by molar-refractivity contribution is 7.11. The van der Waals surface area contributed by atoms with Gasteiger partial charge in [-0.3, -0.25) is 4.99 Å². The van der Waals surface area contributed by atoms with Gasteiger partial charge >= 0.3 is 0 Å². The molecule has 1 atom stereocenters. The molecule has 1 saturated carbocycles. The van der Waals surface area contributed by atoms with E-state index in [9.17, 15) is 0 Å². The summed E-state index contributed by atoms with van der Waals surface area (Å²) >= 11 is 1.86. The van der Waals surface area contributed by atoms with Gasteiger partial charge in [0, 0.05) is 22.1 Å². The summed E-state index contributed by atoms with van der Waals surface area (Å²) < 4.78 is 0. The van der Waals surface area contributed by atoms with E-state index in [0.717, 1.165) is 12.3 Å². The molecule has 0 spiro atoms. The third-order valence-corrected chi connectivity index (χ3v) is 3.68. The number of nitrogens with two attached hydrogens (primary N) is 1. The Morgan fingerprint density at radius 3 is 2.87 bits per heavy atom. The molecule has 1 aromatic rings. The van der Waals surface area contributed by atoms with Gasteiger partial charge in [-0.1, -0.05) is 0 Å². The zero-order valence-electron chi connectivity index (χ0n) is 9.36. The second-order valence-electron chi connectivity index (χ2n) is 4.39. The summed E-state index contributed by atoms with van der Waals surface area (Å²) in [4.78, 5) is 7.33. The number of hydrogen-bond acceptors (Lipinski definition) is 2. The van der Waals surface area contributed by atoms with Crippen molar-refractivity contribution in [3.05, 3.63) is 21.9 Å². The molecule has 0 saturated heterocycles. The van der Waals surface area contributed by atoms with Crippen LogP contribution in [-0.2, 0) is 6.42 Å². The van der Waals surface area contributed by atoms with Gasteiger partial charge in [-0.15, -0.1) is 11.3 Å². The van der Waals surface area contributed by atoms with Gasteiger partial charge in [0.05, 0.1) is 11.9 Å². The summed E-state index contributed by atoms with van der Waals surface area (Å²) in [6.45, 7) is 4.28. The van der Waals surface area contributed by atoms with E-state index < -0.39 is 0 Å². The van der Waals surface area contributed by atoms with Crippen LogP contribution in [0.25, 0.3) is 0 Å². The first-order chi connectivity index (χ1) is 7.15. The maximum Gasteiger partial charge on any atom is 0.0971 e. The molecule has 0 bridgehead atoms. The lowest BCUT2D eigenvalue weighted by atomic mass is 10.2. The Balaban J connectivity index is 1.91. The summed E-state index contributed by atoms with van der Waals surface area (Å²) in [5, 5.41) is 0. The van der Waals surface area contributed by atoms with Gasteiger partial charge in [-0.05, 0) is 38.8 Å². The molecule has 2 rings (SSSR count). The van der Waals surface area contributed by atoms with Crippen LogP contribution >= 0.6 is 11.3 Å². The molecule has 0 amide bonds. The van der Waals surface area contributed by atoms with Gasteiger partial charge in [0.1, 0.15) is 0 Å². The standard InChI is InChI=1S/C12H18N2S/c1-8(14-12(13)10-4-5-10)7-11-6-3-9(2)15-11/h3,6,8,10H,4-5,7H2,1-2H3,(H2,13,14). The van der Waals surface area contributed by atoms with E-state index in [-0.39, 0.29) is 0 Å². The minimum absolute atomic E-state index is 0.323. The van der Waals surface area contributed by atoms with Crippen molar-refractivity contribution in [1.82, 2.24) is 0 Å². The van der Waals surface area contributed by atoms with Gasteiger partial charge in [-0.2, -0.15) is 0 Å². The first-order valence-electron chi connectivity index (χ1n) is 5.53. The molecule has 3 heteroatoms. The van der Waals surface area contributed by atoms with E-state index >= 15 is 0 Å². The molecule has 1 heterocycles. The second-order valence-corrected chi connectivity index (χ2v) is 5.77. The molecule has 1 aromatic heterocycles. The topological polar surface area (TPSA) is 38.4 Å². The van der Waals surface area contributed by atoms with Crippen molar-refractivity contribution in [2.45, 2.75) is 39.2 Å². The molecule has 2 N–H and O–H groups in total. The Hall–Kier alpha value is -0.830. The van der Waals surface area contributed by atoms with Crippen molar-refractivity contribution in [2.75, 3.05) is 0 Å². The average molecular weight is 222 g/mol. The molecule has 1 aliphatic carbocycles. The van der Waals surface area contributed by atoms with Crippen LogP contribution < -0.4 is 5.73 Å². The molecule has 82 valence electrons. The molecule has 1 unspecified atom stereocenters. The average Bonchev–Trinajstić information content (AvgIpc) is 2.92. The normalized spacial score (nSPS) is 19.2. The molecular weight excluding hydrogens is 204 g/mol. The van der Waals surface area contributed by atoms with Crippen LogP contribution in [0, 0.1) is 12.8 Å². The van der Waals surface area contributed by atoms with Crippen LogP contribution in [-0.4, -0.2) is 11.9 Å². The van der Waals surface area contributed by atoms with Crippen LogP contribution in [0.4, 0.5) is 0 Å². The predicted octanol–water partition coefficient (Wildman–Crippen LogP) is 2.75. The highest BCUT2D eigenvalue weighted by atomic mass is 32.1. The number of amidine groups is 1. The van der Waals surface area contributed by atoms with Crippen molar-refractivity contribution < 1.29 is 0 Å². The fourth-order valence-corrected chi connectivity index (χ4v) is 2.68. The summed E-state index contributed by atoms with van der Waals surface area (Å²) in [7, 11) is 0. The minimum Gasteiger partial charge on any atom is -0.387 e. The van der Waals surface area contributed by atoms with Gasteiger partial charge in [-0.25, -0.2) is 0 Å². The van der Waals surface area contributed by atoms with Crippen molar-refractivity contribution in [3.63, 3.8) is 0 Å². The third kappa shape index (κ3) is 3.06. The van der Waals surface area contributed by atoms with Gasteiger partial charge < -0.3 is 5.73 Å². The fraction of sp³-hybridized carbons (Fsp3) is 0.583. The zero-order valence-corrected chi connectivity index (χ0v) is 10.2. The molecule has 2 nitrogen and oxygen atoms in total.